The number of carbonyl (C=O) groups is 1. The Kier molecular flexibility index (Phi) is 17.2. The monoisotopic (exact) mass is 439 g/mol. The lowest BCUT2D eigenvalue weighted by molar-refractivity contribution is -0.0118. The molecule has 1 N–H and O–H groups in total. The number of rotatable bonds is 21. The van der Waals surface area contributed by atoms with E-state index >= 15 is 0 Å². The van der Waals surface area contributed by atoms with Crippen LogP contribution in [0.3, 0.4) is 0 Å². The second kappa shape index (κ2) is 19.8. The summed E-state index contributed by atoms with van der Waals surface area (Å²) in [7, 11) is 0. The quantitative estimate of drug-likeness (QED) is 0.177. The van der Waals surface area contributed by atoms with E-state index in [4.69, 9.17) is 28.4 Å². The SMILES string of the molecule is C=COCCOCCOCCOCCOCCOC(=O)c1ccc(NCCCC)cc1. The lowest BCUT2D eigenvalue weighted by Gasteiger charge is -2.09. The molecule has 0 radical (unpaired) electrons. The summed E-state index contributed by atoms with van der Waals surface area (Å²) in [6.07, 6.45) is 3.65. The zero-order valence-electron chi connectivity index (χ0n) is 18.6. The smallest absolute Gasteiger partial charge is 0.338 e. The average Bonchev–Trinajstić information content (AvgIpc) is 2.79. The van der Waals surface area contributed by atoms with Crippen LogP contribution in [-0.2, 0) is 28.4 Å². The van der Waals surface area contributed by atoms with Gasteiger partial charge in [0.25, 0.3) is 0 Å². The molecule has 0 fully saturated rings. The van der Waals surface area contributed by atoms with Crippen LogP contribution >= 0.6 is 0 Å². The molecule has 0 amide bonds. The van der Waals surface area contributed by atoms with Gasteiger partial charge in [-0.05, 0) is 30.7 Å². The van der Waals surface area contributed by atoms with Gasteiger partial charge in [-0.2, -0.15) is 0 Å². The molecule has 0 aliphatic carbocycles. The highest BCUT2D eigenvalue weighted by Crippen LogP contribution is 2.10. The van der Waals surface area contributed by atoms with Crippen molar-refractivity contribution in [3.63, 3.8) is 0 Å². The fourth-order valence-electron chi connectivity index (χ4n) is 2.36. The number of ether oxygens (including phenoxy) is 6. The van der Waals surface area contributed by atoms with Gasteiger partial charge in [0.05, 0.1) is 64.7 Å². The third-order valence-corrected chi connectivity index (χ3v) is 4.02. The first-order valence-electron chi connectivity index (χ1n) is 10.8. The Morgan fingerprint density at radius 2 is 1.35 bits per heavy atom. The number of carbonyl (C=O) groups excluding carboxylic acids is 1. The van der Waals surface area contributed by atoms with Crippen molar-refractivity contribution in [3.05, 3.63) is 42.7 Å². The van der Waals surface area contributed by atoms with Crippen LogP contribution in [0.15, 0.2) is 37.1 Å². The highest BCUT2D eigenvalue weighted by Gasteiger charge is 2.06. The van der Waals surface area contributed by atoms with Gasteiger partial charge >= 0.3 is 5.97 Å². The van der Waals surface area contributed by atoms with Crippen molar-refractivity contribution in [1.29, 1.82) is 0 Å². The van der Waals surface area contributed by atoms with Gasteiger partial charge in [0.2, 0.25) is 0 Å². The van der Waals surface area contributed by atoms with E-state index in [-0.39, 0.29) is 12.6 Å². The number of anilines is 1. The maximum absolute atomic E-state index is 12.0. The maximum Gasteiger partial charge on any atom is 0.338 e. The summed E-state index contributed by atoms with van der Waals surface area (Å²) in [5.74, 6) is -0.352. The first kappa shape index (κ1) is 26.9. The molecule has 8 nitrogen and oxygen atoms in total. The van der Waals surface area contributed by atoms with E-state index in [1.165, 1.54) is 6.26 Å². The van der Waals surface area contributed by atoms with Crippen LogP contribution in [0.2, 0.25) is 0 Å². The number of hydrogen-bond acceptors (Lipinski definition) is 8. The number of hydrogen-bond donors (Lipinski definition) is 1. The molecule has 0 aromatic heterocycles. The molecule has 0 atom stereocenters. The van der Waals surface area contributed by atoms with E-state index in [1.807, 2.05) is 12.1 Å². The minimum Gasteiger partial charge on any atom is -0.499 e. The first-order chi connectivity index (χ1) is 15.3. The molecule has 1 aromatic carbocycles. The van der Waals surface area contributed by atoms with Crippen LogP contribution in [0.4, 0.5) is 5.69 Å². The number of unbranched alkanes of at least 4 members (excludes halogenated alkanes) is 1. The van der Waals surface area contributed by atoms with Gasteiger partial charge in [-0.15, -0.1) is 0 Å². The van der Waals surface area contributed by atoms with Gasteiger partial charge < -0.3 is 33.7 Å². The Hall–Kier alpha value is -2.13. The lowest BCUT2D eigenvalue weighted by atomic mass is 10.2. The van der Waals surface area contributed by atoms with Crippen molar-refractivity contribution < 1.29 is 33.2 Å². The van der Waals surface area contributed by atoms with Crippen LogP contribution in [0.5, 0.6) is 0 Å². The van der Waals surface area contributed by atoms with Crippen LogP contribution in [0.25, 0.3) is 0 Å². The average molecular weight is 440 g/mol. The standard InChI is InChI=1S/C23H37NO7/c1-3-5-10-24-22-8-6-21(7-9-22)23(25)31-20-19-30-18-17-29-16-15-28-14-13-27-12-11-26-4-2/h4,6-9,24H,2-3,5,10-20H2,1H3. The van der Waals surface area contributed by atoms with Gasteiger partial charge in [-0.3, -0.25) is 0 Å². The van der Waals surface area contributed by atoms with Crippen molar-refractivity contribution in [2.75, 3.05) is 77.9 Å². The molecule has 0 aliphatic rings. The number of benzene rings is 1. The van der Waals surface area contributed by atoms with Crippen molar-refractivity contribution in [3.8, 4) is 0 Å². The molecule has 1 aromatic rings. The summed E-state index contributed by atoms with van der Waals surface area (Å²) >= 11 is 0. The van der Waals surface area contributed by atoms with Crippen molar-refractivity contribution >= 4 is 11.7 Å². The predicted octanol–water partition coefficient (Wildman–Crippen LogP) is 3.28. The van der Waals surface area contributed by atoms with E-state index in [2.05, 4.69) is 18.8 Å². The minimum atomic E-state index is -0.352. The largest absolute Gasteiger partial charge is 0.499 e. The fourth-order valence-corrected chi connectivity index (χ4v) is 2.36. The summed E-state index contributed by atoms with van der Waals surface area (Å²) in [4.78, 5) is 12.0. The summed E-state index contributed by atoms with van der Waals surface area (Å²) in [5, 5.41) is 3.31. The molecule has 0 bridgehead atoms. The third kappa shape index (κ3) is 15.3. The molecule has 8 heteroatoms. The Morgan fingerprint density at radius 1 is 0.839 bits per heavy atom. The molecule has 0 saturated heterocycles. The summed E-state index contributed by atoms with van der Waals surface area (Å²) in [6.45, 7) is 11.0. The normalized spacial score (nSPS) is 10.6. The zero-order chi connectivity index (χ0) is 22.4. The zero-order valence-corrected chi connectivity index (χ0v) is 18.6. The van der Waals surface area contributed by atoms with Crippen LogP contribution in [0, 0.1) is 0 Å². The predicted molar refractivity (Wildman–Crippen MR) is 120 cm³/mol. The van der Waals surface area contributed by atoms with Crippen molar-refractivity contribution in [2.45, 2.75) is 19.8 Å². The second-order valence-electron chi connectivity index (χ2n) is 6.48. The molecular formula is C23H37NO7. The van der Waals surface area contributed by atoms with Gasteiger partial charge in [0.15, 0.2) is 0 Å². The maximum atomic E-state index is 12.0. The summed E-state index contributed by atoms with van der Waals surface area (Å²) < 4.78 is 31.6. The van der Waals surface area contributed by atoms with Crippen LogP contribution in [0.1, 0.15) is 30.1 Å². The van der Waals surface area contributed by atoms with Crippen LogP contribution < -0.4 is 5.32 Å². The second-order valence-corrected chi connectivity index (χ2v) is 6.48. The molecule has 0 aliphatic heterocycles. The molecule has 0 saturated carbocycles. The van der Waals surface area contributed by atoms with Crippen molar-refractivity contribution in [2.24, 2.45) is 0 Å². The van der Waals surface area contributed by atoms with Gasteiger partial charge in [0.1, 0.15) is 13.2 Å². The van der Waals surface area contributed by atoms with Crippen molar-refractivity contribution in [1.82, 2.24) is 0 Å². The molecule has 0 spiro atoms. The van der Waals surface area contributed by atoms with Gasteiger partial charge in [0, 0.05) is 12.2 Å². The van der Waals surface area contributed by atoms with E-state index in [9.17, 15) is 4.79 Å². The molecule has 0 heterocycles. The Balaban J connectivity index is 1.89. The molecule has 31 heavy (non-hydrogen) atoms. The molecular weight excluding hydrogens is 402 g/mol. The fraction of sp³-hybridized carbons (Fsp3) is 0.609. The summed E-state index contributed by atoms with van der Waals surface area (Å²) in [6, 6.07) is 7.29. The van der Waals surface area contributed by atoms with Gasteiger partial charge in [-0.1, -0.05) is 19.9 Å². The highest BCUT2D eigenvalue weighted by atomic mass is 16.6. The topological polar surface area (TPSA) is 84.5 Å². The molecule has 176 valence electrons. The van der Waals surface area contributed by atoms with E-state index < -0.39 is 0 Å². The number of esters is 1. The van der Waals surface area contributed by atoms with E-state index in [1.54, 1.807) is 12.1 Å². The minimum absolute atomic E-state index is 0.205. The summed E-state index contributed by atoms with van der Waals surface area (Å²) in [5.41, 5.74) is 1.53. The third-order valence-electron chi connectivity index (χ3n) is 4.02. The van der Waals surface area contributed by atoms with E-state index in [0.717, 1.165) is 25.1 Å². The van der Waals surface area contributed by atoms with Gasteiger partial charge in [-0.25, -0.2) is 4.79 Å². The Morgan fingerprint density at radius 3 is 1.87 bits per heavy atom. The van der Waals surface area contributed by atoms with E-state index in [0.29, 0.717) is 65.0 Å². The Bertz CT molecular complexity index is 566. The molecule has 1 rings (SSSR count). The van der Waals surface area contributed by atoms with Crippen LogP contribution in [-0.4, -0.2) is 78.6 Å². The number of nitrogens with one attached hydrogen (secondary N) is 1. The first-order valence-corrected chi connectivity index (χ1v) is 10.8. The Labute approximate surface area is 185 Å². The lowest BCUT2D eigenvalue weighted by Crippen LogP contribution is -2.15. The molecule has 0 unspecified atom stereocenters. The highest BCUT2D eigenvalue weighted by molar-refractivity contribution is 5.89.